The summed E-state index contributed by atoms with van der Waals surface area (Å²) in [5.41, 5.74) is 1.31. The van der Waals surface area contributed by atoms with E-state index in [1.165, 1.54) is 11.5 Å². The molecule has 0 radical (unpaired) electrons. The van der Waals surface area contributed by atoms with Gasteiger partial charge in [-0.15, -0.1) is 0 Å². The molecule has 0 saturated carbocycles. The second kappa shape index (κ2) is 4.53. The molecular weight excluding hydrogens is 204 g/mol. The van der Waals surface area contributed by atoms with Crippen molar-refractivity contribution in [1.29, 1.82) is 0 Å². The maximum atomic E-state index is 5.35. The molecule has 1 aromatic heterocycles. The van der Waals surface area contributed by atoms with Crippen molar-refractivity contribution in [2.24, 2.45) is 0 Å². The van der Waals surface area contributed by atoms with Gasteiger partial charge in [0.15, 0.2) is 0 Å². The summed E-state index contributed by atoms with van der Waals surface area (Å²) in [6.07, 6.45) is 2.00. The van der Waals surface area contributed by atoms with Crippen molar-refractivity contribution < 1.29 is 4.74 Å². The van der Waals surface area contributed by atoms with Crippen LogP contribution in [0.5, 0.6) is 0 Å². The fourth-order valence-electron chi connectivity index (χ4n) is 2.36. The van der Waals surface area contributed by atoms with Gasteiger partial charge in [-0.25, -0.2) is 4.98 Å². The monoisotopic (exact) mass is 222 g/mol. The van der Waals surface area contributed by atoms with Gasteiger partial charge in [0.05, 0.1) is 25.5 Å². The number of nitrogens with one attached hydrogen (secondary N) is 1. The molecule has 5 nitrogen and oxygen atoms in total. The molecule has 0 amide bonds. The van der Waals surface area contributed by atoms with Gasteiger partial charge in [0.1, 0.15) is 5.82 Å². The Bertz CT molecular complexity index is 357. The topological polar surface area (TPSA) is 42.3 Å². The van der Waals surface area contributed by atoms with Crippen LogP contribution in [0.3, 0.4) is 0 Å². The minimum atomic E-state index is 0.856. The summed E-state index contributed by atoms with van der Waals surface area (Å²) in [6.45, 7) is 7.79. The number of hydrogen-bond acceptors (Lipinski definition) is 4. The van der Waals surface area contributed by atoms with Crippen molar-refractivity contribution in [2.45, 2.75) is 19.6 Å². The first-order chi connectivity index (χ1) is 7.93. The molecule has 0 bridgehead atoms. The van der Waals surface area contributed by atoms with E-state index in [1.54, 1.807) is 0 Å². The average molecular weight is 222 g/mol. The largest absolute Gasteiger partial charge is 0.379 e. The smallest absolute Gasteiger partial charge is 0.123 e. The number of ether oxygens (including phenoxy) is 1. The third-order valence-corrected chi connectivity index (χ3v) is 3.31. The SMILES string of the molecule is c1nc(CN2CCOCC2)n2c1CNCC2. The number of rotatable bonds is 2. The Morgan fingerprint density at radius 2 is 2.19 bits per heavy atom. The maximum absolute atomic E-state index is 5.35. The van der Waals surface area contributed by atoms with Crippen LogP contribution in [-0.4, -0.2) is 47.3 Å². The molecule has 0 aliphatic carbocycles. The second-order valence-electron chi connectivity index (χ2n) is 4.38. The molecule has 1 fully saturated rings. The Labute approximate surface area is 95.4 Å². The number of fused-ring (bicyclic) bond motifs is 1. The fraction of sp³-hybridized carbons (Fsp3) is 0.727. The number of imidazole rings is 1. The zero-order valence-corrected chi connectivity index (χ0v) is 9.48. The maximum Gasteiger partial charge on any atom is 0.123 e. The zero-order chi connectivity index (χ0) is 10.8. The lowest BCUT2D eigenvalue weighted by molar-refractivity contribution is 0.0325. The minimum absolute atomic E-state index is 0.856. The Morgan fingerprint density at radius 1 is 1.31 bits per heavy atom. The molecule has 88 valence electrons. The minimum Gasteiger partial charge on any atom is -0.379 e. The van der Waals surface area contributed by atoms with Gasteiger partial charge in [0.25, 0.3) is 0 Å². The summed E-state index contributed by atoms with van der Waals surface area (Å²) in [7, 11) is 0. The van der Waals surface area contributed by atoms with Crippen LogP contribution in [0.25, 0.3) is 0 Å². The molecule has 1 saturated heterocycles. The third-order valence-electron chi connectivity index (χ3n) is 3.31. The summed E-state index contributed by atoms with van der Waals surface area (Å²) in [4.78, 5) is 6.95. The van der Waals surface area contributed by atoms with Crippen LogP contribution in [0.15, 0.2) is 6.20 Å². The lowest BCUT2D eigenvalue weighted by Gasteiger charge is -2.27. The van der Waals surface area contributed by atoms with E-state index in [0.29, 0.717) is 0 Å². The van der Waals surface area contributed by atoms with Crippen LogP contribution < -0.4 is 5.32 Å². The van der Waals surface area contributed by atoms with E-state index in [-0.39, 0.29) is 0 Å². The molecule has 2 aliphatic heterocycles. The summed E-state index contributed by atoms with van der Waals surface area (Å²) < 4.78 is 7.71. The Morgan fingerprint density at radius 3 is 3.06 bits per heavy atom. The Hall–Kier alpha value is -0.910. The Balaban J connectivity index is 1.71. The zero-order valence-electron chi connectivity index (χ0n) is 9.48. The van der Waals surface area contributed by atoms with E-state index in [9.17, 15) is 0 Å². The van der Waals surface area contributed by atoms with E-state index in [2.05, 4.69) is 19.8 Å². The highest BCUT2D eigenvalue weighted by Crippen LogP contribution is 2.11. The highest BCUT2D eigenvalue weighted by molar-refractivity contribution is 5.07. The van der Waals surface area contributed by atoms with Gasteiger partial charge < -0.3 is 14.6 Å². The van der Waals surface area contributed by atoms with Gasteiger partial charge >= 0.3 is 0 Å². The third kappa shape index (κ3) is 1.98. The van der Waals surface area contributed by atoms with Crippen molar-refractivity contribution in [3.05, 3.63) is 17.7 Å². The van der Waals surface area contributed by atoms with Crippen LogP contribution in [0, 0.1) is 0 Å². The van der Waals surface area contributed by atoms with Crippen LogP contribution in [-0.2, 0) is 24.4 Å². The molecule has 0 aromatic carbocycles. The standard InChI is InChI=1S/C11H18N4O/c1-2-15-10(7-12-1)8-13-11(15)9-14-3-5-16-6-4-14/h8,12H,1-7,9H2. The molecule has 3 heterocycles. The van der Waals surface area contributed by atoms with Gasteiger partial charge in [-0.2, -0.15) is 0 Å². The normalized spacial score (nSPS) is 22.0. The molecule has 5 heteroatoms. The van der Waals surface area contributed by atoms with Crippen molar-refractivity contribution in [1.82, 2.24) is 19.8 Å². The lowest BCUT2D eigenvalue weighted by Crippen LogP contribution is -2.37. The predicted molar refractivity (Wildman–Crippen MR) is 60.0 cm³/mol. The number of aromatic nitrogens is 2. The highest BCUT2D eigenvalue weighted by Gasteiger charge is 2.17. The number of morpholine rings is 1. The van der Waals surface area contributed by atoms with Gasteiger partial charge in [0, 0.05) is 38.9 Å². The molecular formula is C11H18N4O. The van der Waals surface area contributed by atoms with E-state index in [1.807, 2.05) is 6.20 Å². The summed E-state index contributed by atoms with van der Waals surface area (Å²) in [6, 6.07) is 0. The van der Waals surface area contributed by atoms with Gasteiger partial charge in [-0.3, -0.25) is 4.90 Å². The van der Waals surface area contributed by atoms with E-state index < -0.39 is 0 Å². The Kier molecular flexibility index (Phi) is 2.90. The van der Waals surface area contributed by atoms with Gasteiger partial charge in [-0.05, 0) is 0 Å². The molecule has 2 aliphatic rings. The van der Waals surface area contributed by atoms with Crippen LogP contribution in [0.1, 0.15) is 11.5 Å². The summed E-state index contributed by atoms with van der Waals surface area (Å²) in [5.74, 6) is 1.21. The van der Waals surface area contributed by atoms with Crippen LogP contribution in [0.4, 0.5) is 0 Å². The van der Waals surface area contributed by atoms with Crippen LogP contribution in [0.2, 0.25) is 0 Å². The van der Waals surface area contributed by atoms with Crippen molar-refractivity contribution in [3.63, 3.8) is 0 Å². The van der Waals surface area contributed by atoms with Crippen LogP contribution >= 0.6 is 0 Å². The predicted octanol–water partition coefficient (Wildman–Crippen LogP) is -0.182. The molecule has 0 unspecified atom stereocenters. The average Bonchev–Trinajstić information content (AvgIpc) is 2.74. The first-order valence-electron chi connectivity index (χ1n) is 5.97. The quantitative estimate of drug-likeness (QED) is 0.753. The highest BCUT2D eigenvalue weighted by atomic mass is 16.5. The number of hydrogen-bond donors (Lipinski definition) is 1. The van der Waals surface area contributed by atoms with Gasteiger partial charge in [-0.1, -0.05) is 0 Å². The lowest BCUT2D eigenvalue weighted by atomic mass is 10.3. The number of nitrogens with zero attached hydrogens (tertiary/aromatic N) is 3. The molecule has 3 rings (SSSR count). The first kappa shape index (κ1) is 10.3. The molecule has 0 atom stereocenters. The summed E-state index contributed by atoms with van der Waals surface area (Å²) >= 11 is 0. The molecule has 16 heavy (non-hydrogen) atoms. The van der Waals surface area contributed by atoms with Crippen molar-refractivity contribution in [2.75, 3.05) is 32.8 Å². The molecule has 1 N–H and O–H groups in total. The van der Waals surface area contributed by atoms with E-state index in [0.717, 1.165) is 52.5 Å². The fourth-order valence-corrected chi connectivity index (χ4v) is 2.36. The van der Waals surface area contributed by atoms with Crippen molar-refractivity contribution in [3.8, 4) is 0 Å². The second-order valence-corrected chi connectivity index (χ2v) is 4.38. The van der Waals surface area contributed by atoms with E-state index >= 15 is 0 Å². The van der Waals surface area contributed by atoms with Gasteiger partial charge in [0.2, 0.25) is 0 Å². The molecule has 0 spiro atoms. The van der Waals surface area contributed by atoms with Crippen molar-refractivity contribution >= 4 is 0 Å². The van der Waals surface area contributed by atoms with E-state index in [4.69, 9.17) is 4.74 Å². The first-order valence-corrected chi connectivity index (χ1v) is 5.97. The molecule has 1 aromatic rings. The summed E-state index contributed by atoms with van der Waals surface area (Å²) in [5, 5.41) is 3.36.